The molecule has 0 spiro atoms. The van der Waals surface area contributed by atoms with Crippen LogP contribution in [0.5, 0.6) is 0 Å². The molecule has 150 valence electrons. The zero-order valence-electron chi connectivity index (χ0n) is 15.4. The Morgan fingerprint density at radius 3 is 2.13 bits per heavy atom. The van der Waals surface area contributed by atoms with E-state index in [0.717, 1.165) is 9.80 Å². The van der Waals surface area contributed by atoms with Crippen LogP contribution >= 0.6 is 35.0 Å². The van der Waals surface area contributed by atoms with Gasteiger partial charge in [0, 0.05) is 9.92 Å². The molecule has 0 aromatic heterocycles. The van der Waals surface area contributed by atoms with E-state index in [9.17, 15) is 14.4 Å². The molecular weight excluding hydrogens is 443 g/mol. The highest BCUT2D eigenvalue weighted by Gasteiger charge is 2.36. The first kappa shape index (κ1) is 20.5. The molecule has 0 saturated heterocycles. The maximum Gasteiger partial charge on any atom is 0.266 e. The lowest BCUT2D eigenvalue weighted by Crippen LogP contribution is -2.29. The number of benzene rings is 3. The second kappa shape index (κ2) is 8.52. The number of thioether (sulfide) groups is 1. The van der Waals surface area contributed by atoms with Crippen LogP contribution < -0.4 is 10.2 Å². The summed E-state index contributed by atoms with van der Waals surface area (Å²) in [5.74, 6) is -0.839. The first-order chi connectivity index (χ1) is 14.4. The minimum Gasteiger partial charge on any atom is -0.324 e. The van der Waals surface area contributed by atoms with Gasteiger partial charge in [-0.3, -0.25) is 14.4 Å². The van der Waals surface area contributed by atoms with Crippen LogP contribution in [0.1, 0.15) is 20.7 Å². The highest BCUT2D eigenvalue weighted by molar-refractivity contribution is 8.00. The molecule has 8 heteroatoms. The molecular formula is C22H14Cl2N2O3S. The van der Waals surface area contributed by atoms with Gasteiger partial charge in [0.25, 0.3) is 11.8 Å². The van der Waals surface area contributed by atoms with Crippen molar-refractivity contribution in [2.45, 2.75) is 4.90 Å². The Morgan fingerprint density at radius 2 is 1.53 bits per heavy atom. The van der Waals surface area contributed by atoms with Gasteiger partial charge in [-0.15, -0.1) is 11.8 Å². The fourth-order valence-electron chi connectivity index (χ4n) is 3.03. The second-order valence-corrected chi connectivity index (χ2v) is 8.34. The van der Waals surface area contributed by atoms with Gasteiger partial charge in [0.05, 0.1) is 33.3 Å². The largest absolute Gasteiger partial charge is 0.324 e. The van der Waals surface area contributed by atoms with E-state index in [1.54, 1.807) is 48.5 Å². The molecule has 4 rings (SSSR count). The van der Waals surface area contributed by atoms with Gasteiger partial charge in [0.15, 0.2) is 0 Å². The summed E-state index contributed by atoms with van der Waals surface area (Å²) in [4.78, 5) is 39.5. The monoisotopic (exact) mass is 456 g/mol. The Morgan fingerprint density at radius 1 is 0.900 bits per heavy atom. The molecule has 1 aliphatic rings. The number of carbonyl (C=O) groups is 3. The Balaban J connectivity index is 1.45. The molecule has 3 amide bonds. The van der Waals surface area contributed by atoms with E-state index < -0.39 is 11.8 Å². The predicted molar refractivity (Wildman–Crippen MR) is 120 cm³/mol. The Kier molecular flexibility index (Phi) is 5.81. The van der Waals surface area contributed by atoms with Crippen LogP contribution in [0.15, 0.2) is 71.6 Å². The van der Waals surface area contributed by atoms with Crippen molar-refractivity contribution in [1.82, 2.24) is 0 Å². The average Bonchev–Trinajstić information content (AvgIpc) is 3.00. The summed E-state index contributed by atoms with van der Waals surface area (Å²) in [6.07, 6.45) is 0. The van der Waals surface area contributed by atoms with E-state index in [-0.39, 0.29) is 16.7 Å². The molecule has 0 bridgehead atoms. The van der Waals surface area contributed by atoms with E-state index in [1.807, 2.05) is 12.1 Å². The van der Waals surface area contributed by atoms with Crippen molar-refractivity contribution >= 4 is 64.1 Å². The van der Waals surface area contributed by atoms with Crippen LogP contribution in [0.2, 0.25) is 10.0 Å². The molecule has 3 aromatic rings. The first-order valence-corrected chi connectivity index (χ1v) is 10.6. The third-order valence-corrected chi connectivity index (χ3v) is 6.04. The van der Waals surface area contributed by atoms with E-state index in [2.05, 4.69) is 5.32 Å². The lowest BCUT2D eigenvalue weighted by molar-refractivity contribution is -0.113. The normalized spacial score (nSPS) is 12.8. The molecule has 30 heavy (non-hydrogen) atoms. The zero-order valence-corrected chi connectivity index (χ0v) is 17.7. The lowest BCUT2D eigenvalue weighted by atomic mass is 10.1. The molecule has 1 aliphatic heterocycles. The number of hydrogen-bond acceptors (Lipinski definition) is 4. The standard InChI is InChI=1S/C22H14Cl2N2O3S/c23-13-5-8-15(9-6-13)30-12-20(27)25-19-10-7-14(11-18(19)24)26-21(28)16-3-1-2-4-17(16)22(26)29/h1-11H,12H2,(H,25,27). The number of imide groups is 1. The average molecular weight is 457 g/mol. The molecule has 0 unspecified atom stereocenters. The van der Waals surface area contributed by atoms with Gasteiger partial charge < -0.3 is 5.32 Å². The van der Waals surface area contributed by atoms with Crippen molar-refractivity contribution in [1.29, 1.82) is 0 Å². The van der Waals surface area contributed by atoms with Gasteiger partial charge in [-0.25, -0.2) is 4.90 Å². The van der Waals surface area contributed by atoms with E-state index in [4.69, 9.17) is 23.2 Å². The predicted octanol–water partition coefficient (Wildman–Crippen LogP) is 5.52. The third-order valence-electron chi connectivity index (χ3n) is 4.46. The number of amides is 3. The van der Waals surface area contributed by atoms with Crippen LogP contribution in [0.3, 0.4) is 0 Å². The van der Waals surface area contributed by atoms with Crippen molar-refractivity contribution in [3.63, 3.8) is 0 Å². The highest BCUT2D eigenvalue weighted by Crippen LogP contribution is 2.33. The van der Waals surface area contributed by atoms with Crippen LogP contribution in [0, 0.1) is 0 Å². The molecule has 5 nitrogen and oxygen atoms in total. The topological polar surface area (TPSA) is 66.5 Å². The number of halogens is 2. The van der Waals surface area contributed by atoms with E-state index >= 15 is 0 Å². The summed E-state index contributed by atoms with van der Waals surface area (Å²) in [5.41, 5.74) is 1.46. The summed E-state index contributed by atoms with van der Waals surface area (Å²) in [7, 11) is 0. The second-order valence-electron chi connectivity index (χ2n) is 6.45. The van der Waals surface area contributed by atoms with E-state index in [1.165, 1.54) is 17.8 Å². The summed E-state index contributed by atoms with van der Waals surface area (Å²) in [6, 6.07) is 18.5. The number of nitrogens with one attached hydrogen (secondary N) is 1. The molecule has 0 aliphatic carbocycles. The van der Waals surface area contributed by atoms with Gasteiger partial charge in [0.2, 0.25) is 5.91 Å². The van der Waals surface area contributed by atoms with Crippen molar-refractivity contribution in [2.75, 3.05) is 16.0 Å². The summed E-state index contributed by atoms with van der Waals surface area (Å²) in [5, 5.41) is 3.61. The van der Waals surface area contributed by atoms with Gasteiger partial charge in [-0.2, -0.15) is 0 Å². The fourth-order valence-corrected chi connectivity index (χ4v) is 4.08. The lowest BCUT2D eigenvalue weighted by Gasteiger charge is -2.16. The van der Waals surface area contributed by atoms with Crippen molar-refractivity contribution < 1.29 is 14.4 Å². The van der Waals surface area contributed by atoms with Crippen LogP contribution in [-0.2, 0) is 4.79 Å². The SMILES string of the molecule is O=C(CSc1ccc(Cl)cc1)Nc1ccc(N2C(=O)c3ccccc3C2=O)cc1Cl. The Hall–Kier alpha value is -2.80. The quantitative estimate of drug-likeness (QED) is 0.405. The van der Waals surface area contributed by atoms with Gasteiger partial charge in [-0.1, -0.05) is 35.3 Å². The van der Waals surface area contributed by atoms with E-state index in [0.29, 0.717) is 27.5 Å². The molecule has 0 fully saturated rings. The Labute approximate surface area is 187 Å². The zero-order chi connectivity index (χ0) is 21.3. The minimum atomic E-state index is -0.400. The van der Waals surface area contributed by atoms with Crippen LogP contribution in [0.4, 0.5) is 11.4 Å². The fraction of sp³-hybridized carbons (Fsp3) is 0.0455. The molecule has 1 N–H and O–H groups in total. The maximum absolute atomic E-state index is 12.6. The molecule has 0 radical (unpaired) electrons. The molecule has 0 atom stereocenters. The first-order valence-electron chi connectivity index (χ1n) is 8.89. The number of rotatable bonds is 5. The van der Waals surface area contributed by atoms with Crippen molar-refractivity contribution in [3.8, 4) is 0 Å². The smallest absolute Gasteiger partial charge is 0.266 e. The molecule has 3 aromatic carbocycles. The number of hydrogen-bond donors (Lipinski definition) is 1. The minimum absolute atomic E-state index is 0.193. The highest BCUT2D eigenvalue weighted by atomic mass is 35.5. The summed E-state index contributed by atoms with van der Waals surface area (Å²) in [6.45, 7) is 0. The number of carbonyl (C=O) groups excluding carboxylic acids is 3. The number of fused-ring (bicyclic) bond motifs is 1. The van der Waals surface area contributed by atoms with Crippen LogP contribution in [-0.4, -0.2) is 23.5 Å². The summed E-state index contributed by atoms with van der Waals surface area (Å²) < 4.78 is 0. The van der Waals surface area contributed by atoms with Gasteiger partial charge in [-0.05, 0) is 54.6 Å². The molecule has 1 heterocycles. The van der Waals surface area contributed by atoms with Crippen LogP contribution in [0.25, 0.3) is 0 Å². The number of anilines is 2. The number of nitrogens with zero attached hydrogens (tertiary/aromatic N) is 1. The van der Waals surface area contributed by atoms with Gasteiger partial charge in [0.1, 0.15) is 0 Å². The molecule has 0 saturated carbocycles. The van der Waals surface area contributed by atoms with Gasteiger partial charge >= 0.3 is 0 Å². The maximum atomic E-state index is 12.6. The Bertz CT molecular complexity index is 1130. The summed E-state index contributed by atoms with van der Waals surface area (Å²) >= 11 is 13.5. The van der Waals surface area contributed by atoms with Crippen molar-refractivity contribution in [3.05, 3.63) is 87.9 Å². The van der Waals surface area contributed by atoms with Crippen molar-refractivity contribution in [2.24, 2.45) is 0 Å². The third kappa shape index (κ3) is 4.07.